The van der Waals surface area contributed by atoms with E-state index in [1.165, 1.54) is 23.1 Å². The fourth-order valence-electron chi connectivity index (χ4n) is 2.32. The molecule has 1 amide bonds. The third kappa shape index (κ3) is 2.52. The van der Waals surface area contributed by atoms with Gasteiger partial charge < -0.3 is 10.4 Å². The Bertz CT molecular complexity index is 722. The number of rotatable bonds is 3. The van der Waals surface area contributed by atoms with Crippen LogP contribution in [0.15, 0.2) is 24.3 Å². The van der Waals surface area contributed by atoms with Crippen molar-refractivity contribution >= 4 is 56.7 Å². The number of halogens is 1. The van der Waals surface area contributed by atoms with E-state index in [2.05, 4.69) is 5.32 Å². The summed E-state index contributed by atoms with van der Waals surface area (Å²) in [7, 11) is 0. The number of carbonyl (C=O) groups is 2. The number of carbonyl (C=O) groups excluding carboxylic acids is 1. The number of carboxylic acid groups (broad SMARTS) is 1. The van der Waals surface area contributed by atoms with Gasteiger partial charge in [0.15, 0.2) is 0 Å². The predicted octanol–water partition coefficient (Wildman–Crippen LogP) is 3.24. The van der Waals surface area contributed by atoms with Crippen LogP contribution in [0.1, 0.15) is 16.1 Å². The fraction of sp³-hybridized carbons (Fsp3) is 0.286. The van der Waals surface area contributed by atoms with Gasteiger partial charge in [-0.3, -0.25) is 4.79 Å². The molecular formula is C14H12ClNO3S2. The number of thioether (sulfide) groups is 1. The minimum absolute atomic E-state index is 0.371. The molecule has 0 bridgehead atoms. The summed E-state index contributed by atoms with van der Waals surface area (Å²) < 4.78 is 0.915. The average molecular weight is 342 g/mol. The molecule has 0 spiro atoms. The first kappa shape index (κ1) is 14.7. The van der Waals surface area contributed by atoms with Gasteiger partial charge in [-0.15, -0.1) is 11.3 Å². The van der Waals surface area contributed by atoms with Gasteiger partial charge in [0.1, 0.15) is 10.4 Å². The molecule has 0 aliphatic carbocycles. The van der Waals surface area contributed by atoms with Crippen molar-refractivity contribution in [1.82, 2.24) is 5.32 Å². The summed E-state index contributed by atoms with van der Waals surface area (Å²) in [6.45, 7) is 0. The number of nitrogens with one attached hydrogen (secondary N) is 1. The molecule has 1 aromatic carbocycles. The highest BCUT2D eigenvalue weighted by Crippen LogP contribution is 2.36. The van der Waals surface area contributed by atoms with Crippen LogP contribution in [-0.4, -0.2) is 34.0 Å². The predicted molar refractivity (Wildman–Crippen MR) is 86.6 cm³/mol. The fourth-order valence-corrected chi connectivity index (χ4v) is 5.06. The molecule has 0 unspecified atom stereocenters. The largest absolute Gasteiger partial charge is 0.479 e. The summed E-state index contributed by atoms with van der Waals surface area (Å²) in [5.74, 6) is -0.285. The van der Waals surface area contributed by atoms with Crippen molar-refractivity contribution in [3.05, 3.63) is 34.2 Å². The zero-order chi connectivity index (χ0) is 15.0. The van der Waals surface area contributed by atoms with Gasteiger partial charge in [-0.2, -0.15) is 11.8 Å². The summed E-state index contributed by atoms with van der Waals surface area (Å²) in [5.41, 5.74) is -1.18. The van der Waals surface area contributed by atoms with Crippen LogP contribution in [0.3, 0.4) is 0 Å². The molecule has 1 fully saturated rings. The standard InChI is InChI=1S/C14H12ClNO3S2/c15-10-8-3-1-2-4-9(8)21-11(10)12(17)16-14(13(18)19)5-6-20-7-14/h1-4H,5-7H2,(H,16,17)(H,18,19)/t14-/m0/s1. The number of aliphatic carboxylic acids is 1. The van der Waals surface area contributed by atoms with Crippen molar-refractivity contribution in [1.29, 1.82) is 0 Å². The molecule has 1 aromatic heterocycles. The van der Waals surface area contributed by atoms with Gasteiger partial charge in [0.05, 0.1) is 5.02 Å². The van der Waals surface area contributed by atoms with Crippen molar-refractivity contribution in [2.75, 3.05) is 11.5 Å². The normalized spacial score (nSPS) is 21.6. The van der Waals surface area contributed by atoms with Crippen molar-refractivity contribution < 1.29 is 14.7 Å². The number of thiophene rings is 1. The second-order valence-electron chi connectivity index (χ2n) is 4.89. The van der Waals surface area contributed by atoms with Crippen LogP contribution in [0.5, 0.6) is 0 Å². The Kier molecular flexibility index (Phi) is 3.86. The van der Waals surface area contributed by atoms with Gasteiger partial charge in [-0.25, -0.2) is 4.79 Å². The molecular weight excluding hydrogens is 330 g/mol. The number of carboxylic acids is 1. The van der Waals surface area contributed by atoms with Gasteiger partial charge in [-0.05, 0) is 18.2 Å². The highest BCUT2D eigenvalue weighted by molar-refractivity contribution is 7.99. The van der Waals surface area contributed by atoms with E-state index >= 15 is 0 Å². The maximum absolute atomic E-state index is 12.4. The average Bonchev–Trinajstić information content (AvgIpc) is 3.05. The van der Waals surface area contributed by atoms with Crippen LogP contribution in [0.2, 0.25) is 5.02 Å². The van der Waals surface area contributed by atoms with E-state index < -0.39 is 17.4 Å². The molecule has 21 heavy (non-hydrogen) atoms. The van der Waals surface area contributed by atoms with Crippen LogP contribution >= 0.6 is 34.7 Å². The lowest BCUT2D eigenvalue weighted by Crippen LogP contribution is -2.54. The summed E-state index contributed by atoms with van der Waals surface area (Å²) >= 11 is 9.07. The van der Waals surface area contributed by atoms with Gasteiger partial charge in [0.2, 0.25) is 0 Å². The monoisotopic (exact) mass is 341 g/mol. The van der Waals surface area contributed by atoms with Gasteiger partial charge in [-0.1, -0.05) is 29.8 Å². The highest BCUT2D eigenvalue weighted by atomic mass is 35.5. The lowest BCUT2D eigenvalue weighted by molar-refractivity contribution is -0.143. The van der Waals surface area contributed by atoms with Crippen LogP contribution < -0.4 is 5.32 Å². The summed E-state index contributed by atoms with van der Waals surface area (Å²) in [6.07, 6.45) is 0.432. The zero-order valence-corrected chi connectivity index (χ0v) is 13.3. The van der Waals surface area contributed by atoms with Crippen LogP contribution in [-0.2, 0) is 4.79 Å². The third-order valence-corrected chi connectivity index (χ3v) is 6.39. The van der Waals surface area contributed by atoms with Crippen molar-refractivity contribution in [3.63, 3.8) is 0 Å². The Hall–Kier alpha value is -1.24. The smallest absolute Gasteiger partial charge is 0.330 e. The molecule has 3 rings (SSSR count). The minimum Gasteiger partial charge on any atom is -0.479 e. The number of fused-ring (bicyclic) bond motifs is 1. The maximum Gasteiger partial charge on any atom is 0.330 e. The number of amides is 1. The van der Waals surface area contributed by atoms with Crippen LogP contribution in [0, 0.1) is 0 Å². The van der Waals surface area contributed by atoms with E-state index in [1.807, 2.05) is 24.3 Å². The Labute approximate surface area is 134 Å². The Morgan fingerprint density at radius 2 is 2.10 bits per heavy atom. The zero-order valence-electron chi connectivity index (χ0n) is 10.9. The van der Waals surface area contributed by atoms with E-state index in [4.69, 9.17) is 11.6 Å². The Morgan fingerprint density at radius 3 is 2.71 bits per heavy atom. The van der Waals surface area contributed by atoms with Crippen molar-refractivity contribution in [3.8, 4) is 0 Å². The van der Waals surface area contributed by atoms with Crippen molar-refractivity contribution in [2.24, 2.45) is 0 Å². The summed E-state index contributed by atoms with van der Waals surface area (Å²) in [6, 6.07) is 7.47. The third-order valence-electron chi connectivity index (χ3n) is 3.52. The Morgan fingerprint density at radius 1 is 1.33 bits per heavy atom. The van der Waals surface area contributed by atoms with Gasteiger partial charge in [0, 0.05) is 15.8 Å². The number of benzene rings is 1. The molecule has 1 aliphatic rings. The van der Waals surface area contributed by atoms with E-state index in [0.717, 1.165) is 15.8 Å². The number of hydrogen-bond donors (Lipinski definition) is 2. The first-order valence-electron chi connectivity index (χ1n) is 6.34. The Balaban J connectivity index is 1.94. The van der Waals surface area contributed by atoms with Crippen LogP contribution in [0.25, 0.3) is 10.1 Å². The second-order valence-corrected chi connectivity index (χ2v) is 7.42. The molecule has 2 N–H and O–H groups in total. The summed E-state index contributed by atoms with van der Waals surface area (Å²) in [5, 5.41) is 13.3. The molecule has 7 heteroatoms. The quantitative estimate of drug-likeness (QED) is 0.899. The second kappa shape index (κ2) is 5.51. The molecule has 1 aliphatic heterocycles. The van der Waals surface area contributed by atoms with Gasteiger partial charge >= 0.3 is 5.97 Å². The van der Waals surface area contributed by atoms with Crippen molar-refractivity contribution in [2.45, 2.75) is 12.0 Å². The van der Waals surface area contributed by atoms with Gasteiger partial charge in [0.25, 0.3) is 5.91 Å². The first-order chi connectivity index (χ1) is 10.0. The molecule has 1 saturated heterocycles. The first-order valence-corrected chi connectivity index (χ1v) is 8.69. The van der Waals surface area contributed by atoms with E-state index in [1.54, 1.807) is 0 Å². The molecule has 0 radical (unpaired) electrons. The molecule has 2 aromatic rings. The SMILES string of the molecule is O=C(N[C@@]1(C(=O)O)CCSC1)c1sc2ccccc2c1Cl. The highest BCUT2D eigenvalue weighted by Gasteiger charge is 2.43. The molecule has 2 heterocycles. The molecule has 110 valence electrons. The maximum atomic E-state index is 12.4. The summed E-state index contributed by atoms with van der Waals surface area (Å²) in [4.78, 5) is 24.3. The topological polar surface area (TPSA) is 66.4 Å². The molecule has 4 nitrogen and oxygen atoms in total. The lowest BCUT2D eigenvalue weighted by Gasteiger charge is -2.24. The molecule has 1 atom stereocenters. The van der Waals surface area contributed by atoms with E-state index in [-0.39, 0.29) is 0 Å². The lowest BCUT2D eigenvalue weighted by atomic mass is 9.99. The van der Waals surface area contributed by atoms with Crippen LogP contribution in [0.4, 0.5) is 0 Å². The number of hydrogen-bond acceptors (Lipinski definition) is 4. The van der Waals surface area contributed by atoms with E-state index in [9.17, 15) is 14.7 Å². The minimum atomic E-state index is -1.18. The molecule has 0 saturated carbocycles. The van der Waals surface area contributed by atoms with E-state index in [0.29, 0.717) is 22.1 Å².